The van der Waals surface area contributed by atoms with Crippen LogP contribution in [0.2, 0.25) is 0 Å². The molecule has 4 nitrogen and oxygen atoms in total. The van der Waals surface area contributed by atoms with Gasteiger partial charge in [-0.1, -0.05) is 42.1 Å². The largest absolute Gasteiger partial charge is 0.269 e. The van der Waals surface area contributed by atoms with E-state index >= 15 is 0 Å². The van der Waals surface area contributed by atoms with Gasteiger partial charge in [0, 0.05) is 17.3 Å². The van der Waals surface area contributed by atoms with Crippen LogP contribution in [0.5, 0.6) is 0 Å². The fourth-order valence-electron chi connectivity index (χ4n) is 2.94. The summed E-state index contributed by atoms with van der Waals surface area (Å²) >= 11 is 1.25. The molecule has 4 rings (SSSR count). The molecule has 0 saturated heterocycles. The van der Waals surface area contributed by atoms with Crippen molar-refractivity contribution in [1.82, 2.24) is 9.88 Å². The molecule has 0 saturated carbocycles. The zero-order chi connectivity index (χ0) is 19.5. The molecule has 1 aliphatic heterocycles. The van der Waals surface area contributed by atoms with Crippen molar-refractivity contribution in [2.24, 2.45) is 0 Å². The third-order valence-corrected chi connectivity index (χ3v) is 5.40. The highest BCUT2D eigenvalue weighted by molar-refractivity contribution is 8.04. The molecule has 0 radical (unpaired) electrons. The van der Waals surface area contributed by atoms with Crippen LogP contribution in [-0.4, -0.2) is 21.7 Å². The third-order valence-electron chi connectivity index (χ3n) is 4.31. The molecule has 138 valence electrons. The van der Waals surface area contributed by atoms with Crippen molar-refractivity contribution in [3.05, 3.63) is 101 Å². The highest BCUT2D eigenvalue weighted by Gasteiger charge is 2.39. The van der Waals surface area contributed by atoms with Crippen molar-refractivity contribution in [3.8, 4) is 0 Å². The predicted molar refractivity (Wildman–Crippen MR) is 105 cm³/mol. The van der Waals surface area contributed by atoms with Gasteiger partial charge in [0.25, 0.3) is 11.8 Å². The number of hydrogen-bond donors (Lipinski definition) is 0. The number of amides is 2. The standard InChI is InChI=1S/C22H15FN2O2S/c23-17-8-6-16(7-9-17)19-20(28-18-4-2-1-3-5-18)22(27)25(21(19)26)14-15-10-12-24-13-11-15/h1-13H,14H2. The van der Waals surface area contributed by atoms with Gasteiger partial charge < -0.3 is 0 Å². The van der Waals surface area contributed by atoms with Gasteiger partial charge in [-0.3, -0.25) is 19.5 Å². The number of carbonyl (C=O) groups excluding carboxylic acids is 2. The Labute approximate surface area is 165 Å². The number of nitrogens with zero attached hydrogens (tertiary/aromatic N) is 2. The van der Waals surface area contributed by atoms with E-state index in [0.29, 0.717) is 16.0 Å². The van der Waals surface area contributed by atoms with Crippen LogP contribution < -0.4 is 0 Å². The number of halogens is 1. The van der Waals surface area contributed by atoms with Gasteiger partial charge in [0.05, 0.1) is 17.0 Å². The SMILES string of the molecule is O=C1C(Sc2ccccc2)=C(c2ccc(F)cc2)C(=O)N1Cc1ccncc1. The number of carbonyl (C=O) groups is 2. The van der Waals surface area contributed by atoms with Crippen LogP contribution in [0.25, 0.3) is 5.57 Å². The minimum Gasteiger partial charge on any atom is -0.269 e. The van der Waals surface area contributed by atoms with Gasteiger partial charge in [-0.15, -0.1) is 0 Å². The molecule has 0 aliphatic carbocycles. The fraction of sp³-hybridized carbons (Fsp3) is 0.0455. The van der Waals surface area contributed by atoms with Gasteiger partial charge in [0.2, 0.25) is 0 Å². The highest BCUT2D eigenvalue weighted by atomic mass is 32.2. The second kappa shape index (κ2) is 7.78. The lowest BCUT2D eigenvalue weighted by Crippen LogP contribution is -2.30. The minimum absolute atomic E-state index is 0.156. The average Bonchev–Trinajstić information content (AvgIpc) is 2.95. The summed E-state index contributed by atoms with van der Waals surface area (Å²) in [4.78, 5) is 32.6. The first-order valence-corrected chi connectivity index (χ1v) is 9.43. The maximum Gasteiger partial charge on any atom is 0.268 e. The zero-order valence-corrected chi connectivity index (χ0v) is 15.5. The van der Waals surface area contributed by atoms with Gasteiger partial charge in [-0.25, -0.2) is 4.39 Å². The third kappa shape index (κ3) is 3.59. The van der Waals surface area contributed by atoms with Gasteiger partial charge >= 0.3 is 0 Å². The summed E-state index contributed by atoms with van der Waals surface area (Å²) in [5, 5.41) is 0. The molecule has 2 aromatic carbocycles. The van der Waals surface area contributed by atoms with Crippen LogP contribution in [0, 0.1) is 5.82 Å². The van der Waals surface area contributed by atoms with Gasteiger partial charge in [-0.2, -0.15) is 0 Å². The van der Waals surface area contributed by atoms with Gasteiger partial charge in [0.1, 0.15) is 5.82 Å². The normalized spacial score (nSPS) is 14.1. The lowest BCUT2D eigenvalue weighted by atomic mass is 10.1. The Balaban J connectivity index is 1.74. The van der Waals surface area contributed by atoms with E-state index in [2.05, 4.69) is 4.98 Å². The molecule has 3 aromatic rings. The second-order valence-corrected chi connectivity index (χ2v) is 7.26. The van der Waals surface area contributed by atoms with E-state index in [0.717, 1.165) is 10.5 Å². The summed E-state index contributed by atoms with van der Waals surface area (Å²) in [7, 11) is 0. The summed E-state index contributed by atoms with van der Waals surface area (Å²) in [6, 6.07) is 18.5. The number of pyridine rings is 1. The number of aromatic nitrogens is 1. The maximum absolute atomic E-state index is 13.4. The monoisotopic (exact) mass is 390 g/mol. The van der Waals surface area contributed by atoms with Crippen LogP contribution in [0.15, 0.2) is 88.9 Å². The van der Waals surface area contributed by atoms with E-state index in [9.17, 15) is 14.0 Å². The van der Waals surface area contributed by atoms with Crippen LogP contribution in [-0.2, 0) is 16.1 Å². The zero-order valence-electron chi connectivity index (χ0n) is 14.7. The lowest BCUT2D eigenvalue weighted by molar-refractivity contribution is -0.137. The summed E-state index contributed by atoms with van der Waals surface area (Å²) in [6.07, 6.45) is 3.24. The van der Waals surface area contributed by atoms with E-state index in [-0.39, 0.29) is 18.4 Å². The quantitative estimate of drug-likeness (QED) is 0.610. The van der Waals surface area contributed by atoms with Crippen molar-refractivity contribution in [1.29, 1.82) is 0 Å². The summed E-state index contributed by atoms with van der Waals surface area (Å²) in [6.45, 7) is 0.156. The molecule has 0 atom stereocenters. The van der Waals surface area contributed by atoms with E-state index in [4.69, 9.17) is 0 Å². The van der Waals surface area contributed by atoms with Crippen LogP contribution in [0.4, 0.5) is 4.39 Å². The Morgan fingerprint density at radius 2 is 1.54 bits per heavy atom. The Kier molecular flexibility index (Phi) is 5.04. The first-order valence-electron chi connectivity index (χ1n) is 8.61. The van der Waals surface area contributed by atoms with Gasteiger partial charge in [0.15, 0.2) is 0 Å². The molecule has 0 fully saturated rings. The average molecular weight is 390 g/mol. The molecular formula is C22H15FN2O2S. The van der Waals surface area contributed by atoms with Crippen molar-refractivity contribution in [2.75, 3.05) is 0 Å². The maximum atomic E-state index is 13.4. The minimum atomic E-state index is -0.396. The Bertz CT molecular complexity index is 1050. The molecule has 2 amide bonds. The first kappa shape index (κ1) is 18.1. The molecule has 2 heterocycles. The molecule has 6 heteroatoms. The number of imide groups is 1. The topological polar surface area (TPSA) is 50.3 Å². The number of benzene rings is 2. The molecule has 0 N–H and O–H groups in total. The van der Waals surface area contributed by atoms with Crippen LogP contribution in [0.3, 0.4) is 0 Å². The Morgan fingerprint density at radius 3 is 2.21 bits per heavy atom. The van der Waals surface area contributed by atoms with Crippen LogP contribution >= 0.6 is 11.8 Å². The van der Waals surface area contributed by atoms with Crippen molar-refractivity contribution < 1.29 is 14.0 Å². The summed E-state index contributed by atoms with van der Waals surface area (Å²) < 4.78 is 13.4. The van der Waals surface area contributed by atoms with E-state index < -0.39 is 5.82 Å². The van der Waals surface area contributed by atoms with Crippen LogP contribution in [0.1, 0.15) is 11.1 Å². The number of thioether (sulfide) groups is 1. The van der Waals surface area contributed by atoms with Crippen molar-refractivity contribution in [3.63, 3.8) is 0 Å². The molecular weight excluding hydrogens is 375 g/mol. The van der Waals surface area contributed by atoms with Crippen molar-refractivity contribution >= 4 is 29.1 Å². The number of rotatable bonds is 5. The van der Waals surface area contributed by atoms with E-state index in [1.807, 2.05) is 30.3 Å². The highest BCUT2D eigenvalue weighted by Crippen LogP contribution is 2.40. The Morgan fingerprint density at radius 1 is 0.857 bits per heavy atom. The van der Waals surface area contributed by atoms with E-state index in [1.54, 1.807) is 24.5 Å². The first-order chi connectivity index (χ1) is 13.6. The molecule has 0 bridgehead atoms. The fourth-order valence-corrected chi connectivity index (χ4v) is 3.97. The van der Waals surface area contributed by atoms with Crippen molar-refractivity contribution in [2.45, 2.75) is 11.4 Å². The van der Waals surface area contributed by atoms with E-state index in [1.165, 1.54) is 40.9 Å². The smallest absolute Gasteiger partial charge is 0.268 e. The summed E-state index contributed by atoms with van der Waals surface area (Å²) in [5.74, 6) is -1.13. The summed E-state index contributed by atoms with van der Waals surface area (Å²) in [5.41, 5.74) is 1.63. The molecule has 1 aliphatic rings. The molecule has 0 spiro atoms. The Hall–Kier alpha value is -3.25. The second-order valence-electron chi connectivity index (χ2n) is 6.18. The predicted octanol–water partition coefficient (Wildman–Crippen LogP) is 4.29. The number of hydrogen-bond acceptors (Lipinski definition) is 4. The molecule has 28 heavy (non-hydrogen) atoms. The lowest BCUT2D eigenvalue weighted by Gasteiger charge is -2.15. The molecule has 0 unspecified atom stereocenters. The van der Waals surface area contributed by atoms with Gasteiger partial charge in [-0.05, 0) is 47.5 Å². The molecule has 1 aromatic heterocycles.